The molecule has 0 aliphatic heterocycles. The van der Waals surface area contributed by atoms with Crippen molar-refractivity contribution in [2.24, 2.45) is 0 Å². The van der Waals surface area contributed by atoms with Gasteiger partial charge in [0.15, 0.2) is 11.5 Å². The molecule has 2 aromatic carbocycles. The Kier molecular flexibility index (Phi) is 4.98. The van der Waals surface area contributed by atoms with Gasteiger partial charge in [-0.05, 0) is 43.3 Å². The quantitative estimate of drug-likeness (QED) is 0.549. The molecule has 2 N–H and O–H groups in total. The summed E-state index contributed by atoms with van der Waals surface area (Å²) in [4.78, 5) is 24.3. The first kappa shape index (κ1) is 18.3. The van der Waals surface area contributed by atoms with Crippen molar-refractivity contribution in [3.05, 3.63) is 78.1 Å². The molecule has 144 valence electrons. The van der Waals surface area contributed by atoms with Crippen molar-refractivity contribution in [3.63, 3.8) is 0 Å². The number of amides is 2. The molecule has 0 bridgehead atoms. The van der Waals surface area contributed by atoms with E-state index in [9.17, 15) is 9.59 Å². The van der Waals surface area contributed by atoms with Crippen LogP contribution in [0.4, 0.5) is 5.69 Å². The predicted molar refractivity (Wildman–Crippen MR) is 108 cm³/mol. The predicted octanol–water partition coefficient (Wildman–Crippen LogP) is 2.47. The largest absolute Gasteiger partial charge is 0.343 e. The maximum atomic E-state index is 12.2. The van der Waals surface area contributed by atoms with Crippen molar-refractivity contribution in [2.75, 3.05) is 11.9 Å². The van der Waals surface area contributed by atoms with Gasteiger partial charge in [-0.1, -0.05) is 30.3 Å². The Labute approximate surface area is 166 Å². The van der Waals surface area contributed by atoms with Crippen molar-refractivity contribution in [1.29, 1.82) is 0 Å². The van der Waals surface area contributed by atoms with Gasteiger partial charge in [-0.25, -0.2) is 0 Å². The molecule has 8 nitrogen and oxygen atoms in total. The Balaban J connectivity index is 1.43. The highest BCUT2D eigenvalue weighted by Gasteiger charge is 2.09. The van der Waals surface area contributed by atoms with Crippen LogP contribution in [0.5, 0.6) is 0 Å². The first-order valence-corrected chi connectivity index (χ1v) is 9.03. The fourth-order valence-corrected chi connectivity index (χ4v) is 2.86. The van der Waals surface area contributed by atoms with Crippen LogP contribution in [0.2, 0.25) is 0 Å². The monoisotopic (exact) mass is 386 g/mol. The van der Waals surface area contributed by atoms with Crippen molar-refractivity contribution in [1.82, 2.24) is 25.1 Å². The normalized spacial score (nSPS) is 10.7. The van der Waals surface area contributed by atoms with Crippen LogP contribution >= 0.6 is 0 Å². The van der Waals surface area contributed by atoms with E-state index < -0.39 is 0 Å². The lowest BCUT2D eigenvalue weighted by molar-refractivity contribution is -0.115. The molecule has 8 heteroatoms. The van der Waals surface area contributed by atoms with E-state index in [1.165, 1.54) is 0 Å². The van der Waals surface area contributed by atoms with Crippen LogP contribution in [-0.2, 0) is 4.79 Å². The second kappa shape index (κ2) is 7.89. The van der Waals surface area contributed by atoms with Gasteiger partial charge < -0.3 is 10.6 Å². The van der Waals surface area contributed by atoms with E-state index >= 15 is 0 Å². The lowest BCUT2D eigenvalue weighted by Crippen LogP contribution is -2.32. The molecule has 0 unspecified atom stereocenters. The van der Waals surface area contributed by atoms with Crippen LogP contribution < -0.4 is 10.6 Å². The number of aromatic nitrogens is 4. The smallest absolute Gasteiger partial charge is 0.251 e. The minimum atomic E-state index is -0.315. The molecule has 0 aliphatic carbocycles. The molecule has 2 aromatic heterocycles. The van der Waals surface area contributed by atoms with E-state index in [-0.39, 0.29) is 18.4 Å². The number of benzene rings is 2. The molecular weight excluding hydrogens is 368 g/mol. The molecular formula is C21H18N6O2. The van der Waals surface area contributed by atoms with Crippen LogP contribution in [0.25, 0.3) is 16.9 Å². The summed E-state index contributed by atoms with van der Waals surface area (Å²) in [6.45, 7) is 1.71. The van der Waals surface area contributed by atoms with Crippen LogP contribution in [-0.4, -0.2) is 38.2 Å². The Morgan fingerprint density at radius 1 is 0.966 bits per heavy atom. The molecule has 0 spiro atoms. The summed E-state index contributed by atoms with van der Waals surface area (Å²) in [7, 11) is 0. The zero-order chi connectivity index (χ0) is 20.2. The third kappa shape index (κ3) is 4.11. The summed E-state index contributed by atoms with van der Waals surface area (Å²) < 4.78 is 1.67. The molecule has 4 aromatic rings. The van der Waals surface area contributed by atoms with Gasteiger partial charge in [-0.3, -0.25) is 9.59 Å². The maximum Gasteiger partial charge on any atom is 0.251 e. The van der Waals surface area contributed by atoms with E-state index in [0.717, 1.165) is 11.3 Å². The number of nitrogens with zero attached hydrogens (tertiary/aromatic N) is 4. The first-order chi connectivity index (χ1) is 14.1. The number of carbonyl (C=O) groups excluding carboxylic acids is 2. The SMILES string of the molecule is Cc1nnc2ccc(-c3cccc(NC(=O)CNC(=O)c4ccccc4)c3)nn12. The molecule has 2 heterocycles. The molecule has 0 fully saturated rings. The van der Waals surface area contributed by atoms with Crippen LogP contribution in [0, 0.1) is 6.92 Å². The number of hydrogen-bond donors (Lipinski definition) is 2. The average Bonchev–Trinajstić information content (AvgIpc) is 3.13. The summed E-state index contributed by atoms with van der Waals surface area (Å²) in [6.07, 6.45) is 0. The minimum absolute atomic E-state index is 0.123. The lowest BCUT2D eigenvalue weighted by Gasteiger charge is -2.09. The molecule has 0 saturated carbocycles. The number of carbonyl (C=O) groups is 2. The summed E-state index contributed by atoms with van der Waals surface area (Å²) in [5.74, 6) is 0.0845. The summed E-state index contributed by atoms with van der Waals surface area (Å²) >= 11 is 0. The van der Waals surface area contributed by atoms with E-state index in [2.05, 4.69) is 25.9 Å². The number of rotatable bonds is 5. The van der Waals surface area contributed by atoms with Gasteiger partial charge in [0.05, 0.1) is 12.2 Å². The molecule has 0 radical (unpaired) electrons. The highest BCUT2D eigenvalue weighted by Crippen LogP contribution is 2.21. The molecule has 0 aliphatic rings. The number of nitrogens with one attached hydrogen (secondary N) is 2. The molecule has 4 rings (SSSR count). The Morgan fingerprint density at radius 3 is 2.62 bits per heavy atom. The van der Waals surface area contributed by atoms with Gasteiger partial charge in [0, 0.05) is 16.8 Å². The highest BCUT2D eigenvalue weighted by atomic mass is 16.2. The molecule has 0 saturated heterocycles. The molecule has 0 atom stereocenters. The standard InChI is InChI=1S/C21H18N6O2/c1-14-24-25-19-11-10-18(26-27(14)19)16-8-5-9-17(12-16)23-20(28)13-22-21(29)15-6-3-2-4-7-15/h2-12H,13H2,1H3,(H,22,29)(H,23,28). The van der Waals surface area contributed by atoms with Gasteiger partial charge in [-0.15, -0.1) is 10.2 Å². The van der Waals surface area contributed by atoms with Gasteiger partial charge in [0.2, 0.25) is 5.91 Å². The minimum Gasteiger partial charge on any atom is -0.343 e. The van der Waals surface area contributed by atoms with Crippen molar-refractivity contribution < 1.29 is 9.59 Å². The van der Waals surface area contributed by atoms with E-state index in [0.29, 0.717) is 22.7 Å². The van der Waals surface area contributed by atoms with Crippen LogP contribution in [0.1, 0.15) is 16.2 Å². The number of aryl methyl sites for hydroxylation is 1. The average molecular weight is 386 g/mol. The topological polar surface area (TPSA) is 101 Å². The van der Waals surface area contributed by atoms with Crippen LogP contribution in [0.3, 0.4) is 0 Å². The fourth-order valence-electron chi connectivity index (χ4n) is 2.86. The van der Waals surface area contributed by atoms with Gasteiger partial charge in [-0.2, -0.15) is 9.61 Å². The van der Waals surface area contributed by atoms with Crippen molar-refractivity contribution in [2.45, 2.75) is 6.92 Å². The first-order valence-electron chi connectivity index (χ1n) is 9.03. The fraction of sp³-hybridized carbons (Fsp3) is 0.0952. The van der Waals surface area contributed by atoms with Crippen molar-refractivity contribution in [3.8, 4) is 11.3 Å². The third-order valence-corrected chi connectivity index (χ3v) is 4.31. The van der Waals surface area contributed by atoms with E-state index in [1.807, 2.05) is 43.3 Å². The Hall–Kier alpha value is -4.07. The number of anilines is 1. The van der Waals surface area contributed by atoms with Crippen LogP contribution in [0.15, 0.2) is 66.7 Å². The summed E-state index contributed by atoms with van der Waals surface area (Å²) in [5.41, 5.74) is 3.36. The zero-order valence-corrected chi connectivity index (χ0v) is 15.7. The van der Waals surface area contributed by atoms with Gasteiger partial charge in [0.1, 0.15) is 0 Å². The Bertz CT molecular complexity index is 1190. The van der Waals surface area contributed by atoms with E-state index in [1.54, 1.807) is 34.8 Å². The summed E-state index contributed by atoms with van der Waals surface area (Å²) in [6, 6.07) is 19.8. The lowest BCUT2D eigenvalue weighted by atomic mass is 10.1. The second-order valence-electron chi connectivity index (χ2n) is 6.41. The van der Waals surface area contributed by atoms with Gasteiger partial charge >= 0.3 is 0 Å². The van der Waals surface area contributed by atoms with E-state index in [4.69, 9.17) is 0 Å². The van der Waals surface area contributed by atoms with Crippen molar-refractivity contribution >= 4 is 23.1 Å². The highest BCUT2D eigenvalue weighted by molar-refractivity contribution is 5.99. The molecule has 2 amide bonds. The molecule has 29 heavy (non-hydrogen) atoms. The second-order valence-corrected chi connectivity index (χ2v) is 6.41. The Morgan fingerprint density at radius 2 is 1.79 bits per heavy atom. The number of hydrogen-bond acceptors (Lipinski definition) is 5. The van der Waals surface area contributed by atoms with Gasteiger partial charge in [0.25, 0.3) is 5.91 Å². The zero-order valence-electron chi connectivity index (χ0n) is 15.7. The summed E-state index contributed by atoms with van der Waals surface area (Å²) in [5, 5.41) is 18.0. The third-order valence-electron chi connectivity index (χ3n) is 4.31. The maximum absolute atomic E-state index is 12.2. The number of fused-ring (bicyclic) bond motifs is 1.